The molecule has 2 N–H and O–H groups in total. The molecule has 0 spiro atoms. The van der Waals surface area contributed by atoms with Crippen LogP contribution in [0, 0.1) is 22.7 Å². The number of nitriles is 1. The molecule has 0 aromatic heterocycles. The first-order valence-corrected chi connectivity index (χ1v) is 6.71. The van der Waals surface area contributed by atoms with Crippen molar-refractivity contribution in [2.24, 2.45) is 11.3 Å². The molecule has 0 aromatic carbocycles. The van der Waals surface area contributed by atoms with E-state index in [0.29, 0.717) is 6.54 Å². The van der Waals surface area contributed by atoms with Crippen LogP contribution in [0.1, 0.15) is 52.9 Å². The van der Waals surface area contributed by atoms with E-state index in [-0.39, 0.29) is 5.41 Å². The highest BCUT2D eigenvalue weighted by atomic mass is 16.3. The highest BCUT2D eigenvalue weighted by molar-refractivity contribution is 4.92. The van der Waals surface area contributed by atoms with Gasteiger partial charge in [0.1, 0.15) is 0 Å². The van der Waals surface area contributed by atoms with Crippen LogP contribution in [0.3, 0.4) is 0 Å². The van der Waals surface area contributed by atoms with Gasteiger partial charge in [0.25, 0.3) is 0 Å². The SMILES string of the molecule is CC1CCC(O)(CNCCC(C)(C)C#N)CC1. The van der Waals surface area contributed by atoms with E-state index in [1.807, 2.05) is 13.8 Å². The van der Waals surface area contributed by atoms with Crippen LogP contribution in [0.4, 0.5) is 0 Å². The van der Waals surface area contributed by atoms with E-state index in [4.69, 9.17) is 5.26 Å². The first-order valence-electron chi connectivity index (χ1n) is 6.71. The summed E-state index contributed by atoms with van der Waals surface area (Å²) >= 11 is 0. The smallest absolute Gasteiger partial charge is 0.0771 e. The number of hydrogen-bond acceptors (Lipinski definition) is 3. The molecule has 1 rings (SSSR count). The van der Waals surface area contributed by atoms with Crippen LogP contribution in [0.2, 0.25) is 0 Å². The average molecular weight is 238 g/mol. The Morgan fingerprint density at radius 1 is 1.41 bits per heavy atom. The maximum absolute atomic E-state index is 10.3. The molecule has 0 saturated heterocycles. The summed E-state index contributed by atoms with van der Waals surface area (Å²) in [4.78, 5) is 0. The van der Waals surface area contributed by atoms with Gasteiger partial charge in [0.15, 0.2) is 0 Å². The fraction of sp³-hybridized carbons (Fsp3) is 0.929. The van der Waals surface area contributed by atoms with Crippen LogP contribution in [0.25, 0.3) is 0 Å². The van der Waals surface area contributed by atoms with Gasteiger partial charge in [-0.25, -0.2) is 0 Å². The summed E-state index contributed by atoms with van der Waals surface area (Å²) < 4.78 is 0. The van der Waals surface area contributed by atoms with Crippen LogP contribution in [0.5, 0.6) is 0 Å². The third kappa shape index (κ3) is 5.06. The lowest BCUT2D eigenvalue weighted by Crippen LogP contribution is -2.44. The maximum Gasteiger partial charge on any atom is 0.0771 e. The Labute approximate surface area is 105 Å². The van der Waals surface area contributed by atoms with Crippen molar-refractivity contribution in [3.63, 3.8) is 0 Å². The second kappa shape index (κ2) is 5.84. The minimum absolute atomic E-state index is 0.267. The highest BCUT2D eigenvalue weighted by Gasteiger charge is 2.31. The molecule has 3 heteroatoms. The number of nitrogens with one attached hydrogen (secondary N) is 1. The summed E-state index contributed by atoms with van der Waals surface area (Å²) in [6, 6.07) is 2.29. The van der Waals surface area contributed by atoms with Crippen LogP contribution >= 0.6 is 0 Å². The van der Waals surface area contributed by atoms with Gasteiger partial charge in [-0.1, -0.05) is 6.92 Å². The molecule has 0 heterocycles. The monoisotopic (exact) mass is 238 g/mol. The summed E-state index contributed by atoms with van der Waals surface area (Å²) in [5, 5.41) is 22.5. The topological polar surface area (TPSA) is 56.0 Å². The predicted octanol–water partition coefficient (Wildman–Crippen LogP) is 2.46. The lowest BCUT2D eigenvalue weighted by molar-refractivity contribution is -0.00621. The summed E-state index contributed by atoms with van der Waals surface area (Å²) in [6.45, 7) is 7.62. The molecule has 1 aliphatic carbocycles. The molecule has 0 bridgehead atoms. The Bertz CT molecular complexity index is 272. The summed E-state index contributed by atoms with van der Waals surface area (Å²) in [5.41, 5.74) is -0.778. The van der Waals surface area contributed by atoms with Gasteiger partial charge in [0.05, 0.1) is 17.1 Å². The van der Waals surface area contributed by atoms with Crippen LogP contribution < -0.4 is 5.32 Å². The van der Waals surface area contributed by atoms with Crippen molar-refractivity contribution < 1.29 is 5.11 Å². The zero-order valence-electron chi connectivity index (χ0n) is 11.4. The molecule has 0 radical (unpaired) electrons. The van der Waals surface area contributed by atoms with E-state index >= 15 is 0 Å². The van der Waals surface area contributed by atoms with Crippen LogP contribution in [-0.2, 0) is 0 Å². The first kappa shape index (κ1) is 14.5. The minimum Gasteiger partial charge on any atom is -0.389 e. The molecule has 0 atom stereocenters. The quantitative estimate of drug-likeness (QED) is 0.723. The van der Waals surface area contributed by atoms with Crippen LogP contribution in [0.15, 0.2) is 0 Å². The maximum atomic E-state index is 10.3. The zero-order chi connectivity index (χ0) is 12.9. The van der Waals surface area contributed by atoms with E-state index < -0.39 is 5.60 Å². The molecule has 1 aliphatic rings. The summed E-state index contributed by atoms with van der Waals surface area (Å²) in [5.74, 6) is 0.757. The standard InChI is InChI=1S/C14H26N2O/c1-12-4-6-14(17,7-5-12)11-16-9-8-13(2,3)10-15/h12,16-17H,4-9,11H2,1-3H3. The van der Waals surface area contributed by atoms with E-state index in [1.165, 1.54) is 0 Å². The van der Waals surface area contributed by atoms with Crippen LogP contribution in [-0.4, -0.2) is 23.8 Å². The van der Waals surface area contributed by atoms with E-state index in [9.17, 15) is 5.11 Å². The molecule has 1 saturated carbocycles. The Kier molecular flexibility index (Phi) is 4.97. The lowest BCUT2D eigenvalue weighted by atomic mass is 9.79. The first-order chi connectivity index (χ1) is 7.87. The number of nitrogens with zero attached hydrogens (tertiary/aromatic N) is 1. The fourth-order valence-electron chi connectivity index (χ4n) is 2.25. The predicted molar refractivity (Wildman–Crippen MR) is 69.5 cm³/mol. The molecule has 3 nitrogen and oxygen atoms in total. The van der Waals surface area contributed by atoms with Gasteiger partial charge in [0, 0.05) is 6.54 Å². The zero-order valence-corrected chi connectivity index (χ0v) is 11.4. The molecule has 0 aliphatic heterocycles. The van der Waals surface area contributed by atoms with Gasteiger partial charge < -0.3 is 10.4 Å². The third-order valence-electron chi connectivity index (χ3n) is 3.89. The van der Waals surface area contributed by atoms with E-state index in [1.54, 1.807) is 0 Å². The van der Waals surface area contributed by atoms with Gasteiger partial charge in [-0.05, 0) is 58.4 Å². The Balaban J connectivity index is 2.21. The molecular formula is C14H26N2O. The number of rotatable bonds is 5. The molecule has 1 fully saturated rings. The van der Waals surface area contributed by atoms with Crippen molar-refractivity contribution in [3.8, 4) is 6.07 Å². The van der Waals surface area contributed by atoms with E-state index in [2.05, 4.69) is 18.3 Å². The lowest BCUT2D eigenvalue weighted by Gasteiger charge is -2.35. The third-order valence-corrected chi connectivity index (χ3v) is 3.89. The van der Waals surface area contributed by atoms with E-state index in [0.717, 1.165) is 44.6 Å². The van der Waals surface area contributed by atoms with Gasteiger partial charge >= 0.3 is 0 Å². The normalized spacial score (nSPS) is 29.9. The Morgan fingerprint density at radius 2 is 2.00 bits per heavy atom. The Hall–Kier alpha value is -0.590. The number of hydrogen-bond donors (Lipinski definition) is 2. The molecule has 0 aromatic rings. The average Bonchev–Trinajstić information content (AvgIpc) is 2.29. The van der Waals surface area contributed by atoms with Crippen molar-refractivity contribution in [1.82, 2.24) is 5.32 Å². The molecule has 0 amide bonds. The second-order valence-corrected chi connectivity index (χ2v) is 6.33. The van der Waals surface area contributed by atoms with Crippen molar-refractivity contribution in [2.75, 3.05) is 13.1 Å². The fourth-order valence-corrected chi connectivity index (χ4v) is 2.25. The highest BCUT2D eigenvalue weighted by Crippen LogP contribution is 2.31. The summed E-state index contributed by atoms with van der Waals surface area (Å²) in [6.07, 6.45) is 4.89. The molecule has 0 unspecified atom stereocenters. The van der Waals surface area contributed by atoms with Gasteiger partial charge in [-0.2, -0.15) is 5.26 Å². The van der Waals surface area contributed by atoms with Gasteiger partial charge in [0.2, 0.25) is 0 Å². The Morgan fingerprint density at radius 3 is 2.53 bits per heavy atom. The largest absolute Gasteiger partial charge is 0.389 e. The minimum atomic E-state index is -0.511. The van der Waals surface area contributed by atoms with Gasteiger partial charge in [-0.3, -0.25) is 0 Å². The van der Waals surface area contributed by atoms with Crippen molar-refractivity contribution in [3.05, 3.63) is 0 Å². The summed E-state index contributed by atoms with van der Waals surface area (Å²) in [7, 11) is 0. The molecule has 17 heavy (non-hydrogen) atoms. The van der Waals surface area contributed by atoms with Crippen molar-refractivity contribution >= 4 is 0 Å². The second-order valence-electron chi connectivity index (χ2n) is 6.33. The van der Waals surface area contributed by atoms with Crippen molar-refractivity contribution in [2.45, 2.75) is 58.5 Å². The molecule has 98 valence electrons. The number of aliphatic hydroxyl groups is 1. The molecular weight excluding hydrogens is 212 g/mol. The van der Waals surface area contributed by atoms with Gasteiger partial charge in [-0.15, -0.1) is 0 Å². The van der Waals surface area contributed by atoms with Crippen molar-refractivity contribution in [1.29, 1.82) is 5.26 Å².